The average Bonchev–Trinajstić information content (AvgIpc) is 2.80. The quantitative estimate of drug-likeness (QED) is 0.836. The van der Waals surface area contributed by atoms with Crippen LogP contribution in [-0.4, -0.2) is 11.6 Å². The molecule has 90 valence electrons. The van der Waals surface area contributed by atoms with Gasteiger partial charge in [0.15, 0.2) is 0 Å². The molecule has 4 heteroatoms. The van der Waals surface area contributed by atoms with E-state index in [0.717, 1.165) is 22.9 Å². The molecule has 0 aliphatic heterocycles. The Bertz CT molecular complexity index is 465. The van der Waals surface area contributed by atoms with Crippen molar-refractivity contribution in [3.05, 3.63) is 45.9 Å². The molecule has 0 unspecified atom stereocenters. The molecule has 0 atom stereocenters. The van der Waals surface area contributed by atoms with E-state index in [4.69, 9.17) is 4.74 Å². The van der Waals surface area contributed by atoms with Crippen molar-refractivity contribution in [1.82, 2.24) is 4.98 Å². The van der Waals surface area contributed by atoms with Crippen LogP contribution in [0.15, 0.2) is 30.5 Å². The summed E-state index contributed by atoms with van der Waals surface area (Å²) in [6.07, 6.45) is 2.74. The van der Waals surface area contributed by atoms with E-state index in [0.29, 0.717) is 6.61 Å². The van der Waals surface area contributed by atoms with Crippen molar-refractivity contribution in [2.75, 3.05) is 6.61 Å². The maximum atomic E-state index is 5.66. The number of hydrogen-bond donors (Lipinski definition) is 1. The minimum Gasteiger partial charge on any atom is -0.493 e. The van der Waals surface area contributed by atoms with Gasteiger partial charge in [-0.05, 0) is 19.1 Å². The van der Waals surface area contributed by atoms with Crippen molar-refractivity contribution in [2.24, 2.45) is 0 Å². The third kappa shape index (κ3) is 3.75. The van der Waals surface area contributed by atoms with Crippen LogP contribution in [0.1, 0.15) is 15.4 Å². The second kappa shape index (κ2) is 6.07. The molecule has 2 aromatic rings. The molecule has 1 aromatic carbocycles. The lowest BCUT2D eigenvalue weighted by Gasteiger charge is -2.04. The highest BCUT2D eigenvalue weighted by atomic mass is 32.1. The topological polar surface area (TPSA) is 22.1 Å². The molecule has 0 saturated carbocycles. The van der Waals surface area contributed by atoms with Crippen molar-refractivity contribution in [3.63, 3.8) is 0 Å². The molecule has 0 spiro atoms. The molecule has 0 amide bonds. The minimum absolute atomic E-state index is 0.669. The summed E-state index contributed by atoms with van der Waals surface area (Å²) in [5, 5.41) is 1.11. The third-order valence-electron chi connectivity index (χ3n) is 2.36. The van der Waals surface area contributed by atoms with Gasteiger partial charge in [-0.25, -0.2) is 4.98 Å². The number of aromatic nitrogens is 1. The van der Waals surface area contributed by atoms with E-state index >= 15 is 0 Å². The number of rotatable bonds is 5. The Hall–Kier alpha value is -1.00. The fraction of sp³-hybridized carbons (Fsp3) is 0.308. The number of thiazole rings is 1. The standard InChI is InChI=1S/C13H15NOS2/c1-10-2-4-11(5-3-10)15-7-6-13-14-8-12(9-16)17-13/h2-5,8,16H,6-7,9H2,1H3. The molecule has 2 rings (SSSR count). The first kappa shape index (κ1) is 12.5. The highest BCUT2D eigenvalue weighted by Gasteiger charge is 2.01. The fourth-order valence-electron chi connectivity index (χ4n) is 1.43. The summed E-state index contributed by atoms with van der Waals surface area (Å²) >= 11 is 5.92. The molecule has 0 radical (unpaired) electrons. The summed E-state index contributed by atoms with van der Waals surface area (Å²) in [6.45, 7) is 2.74. The number of aryl methyl sites for hydroxylation is 1. The Morgan fingerprint density at radius 1 is 1.29 bits per heavy atom. The summed E-state index contributed by atoms with van der Waals surface area (Å²) in [5.41, 5.74) is 1.25. The molecule has 0 fully saturated rings. The normalized spacial score (nSPS) is 10.5. The van der Waals surface area contributed by atoms with Crippen LogP contribution in [0.25, 0.3) is 0 Å². The van der Waals surface area contributed by atoms with Gasteiger partial charge in [0.05, 0.1) is 11.6 Å². The maximum Gasteiger partial charge on any atom is 0.119 e. The molecule has 2 nitrogen and oxygen atoms in total. The van der Waals surface area contributed by atoms with E-state index in [1.807, 2.05) is 18.3 Å². The number of thiol groups is 1. The summed E-state index contributed by atoms with van der Waals surface area (Å²) in [7, 11) is 0. The second-order valence-corrected chi connectivity index (χ2v) is 5.31. The van der Waals surface area contributed by atoms with Gasteiger partial charge in [-0.15, -0.1) is 11.3 Å². The van der Waals surface area contributed by atoms with Gasteiger partial charge in [0.25, 0.3) is 0 Å². The SMILES string of the molecule is Cc1ccc(OCCc2ncc(CS)s2)cc1. The molecule has 0 aliphatic carbocycles. The van der Waals surface area contributed by atoms with Gasteiger partial charge in [-0.2, -0.15) is 12.6 Å². The van der Waals surface area contributed by atoms with Crippen molar-refractivity contribution in [3.8, 4) is 5.75 Å². The van der Waals surface area contributed by atoms with Crippen LogP contribution in [0.2, 0.25) is 0 Å². The Balaban J connectivity index is 1.81. The van der Waals surface area contributed by atoms with Crippen molar-refractivity contribution in [2.45, 2.75) is 19.1 Å². The second-order valence-electron chi connectivity index (χ2n) is 3.79. The van der Waals surface area contributed by atoms with Crippen LogP contribution in [0.5, 0.6) is 5.75 Å². The first-order valence-corrected chi connectivity index (χ1v) is 6.97. The summed E-state index contributed by atoms with van der Waals surface area (Å²) in [6, 6.07) is 8.10. The zero-order valence-corrected chi connectivity index (χ0v) is 11.4. The van der Waals surface area contributed by atoms with Gasteiger partial charge in [0, 0.05) is 23.2 Å². The van der Waals surface area contributed by atoms with E-state index in [1.165, 1.54) is 10.4 Å². The highest BCUT2D eigenvalue weighted by Crippen LogP contribution is 2.16. The Labute approximate surface area is 111 Å². The first-order chi connectivity index (χ1) is 8.28. The molecule has 0 N–H and O–H groups in total. The van der Waals surface area contributed by atoms with Crippen LogP contribution >= 0.6 is 24.0 Å². The predicted octanol–water partition coefficient (Wildman–Crippen LogP) is 3.50. The lowest BCUT2D eigenvalue weighted by molar-refractivity contribution is 0.321. The summed E-state index contributed by atoms with van der Waals surface area (Å²) in [4.78, 5) is 5.53. The summed E-state index contributed by atoms with van der Waals surface area (Å²) in [5.74, 6) is 1.68. The molecular formula is C13H15NOS2. The lowest BCUT2D eigenvalue weighted by Crippen LogP contribution is -2.00. The zero-order chi connectivity index (χ0) is 12.1. The third-order valence-corrected chi connectivity index (χ3v) is 3.97. The Morgan fingerprint density at radius 3 is 2.71 bits per heavy atom. The van der Waals surface area contributed by atoms with Crippen LogP contribution in [0, 0.1) is 6.92 Å². The van der Waals surface area contributed by atoms with E-state index < -0.39 is 0 Å². The summed E-state index contributed by atoms with van der Waals surface area (Å²) < 4.78 is 5.66. The monoisotopic (exact) mass is 265 g/mol. The van der Waals surface area contributed by atoms with Crippen molar-refractivity contribution in [1.29, 1.82) is 0 Å². The maximum absolute atomic E-state index is 5.66. The fourth-order valence-corrected chi connectivity index (χ4v) is 2.47. The Kier molecular flexibility index (Phi) is 4.45. The number of ether oxygens (including phenoxy) is 1. The van der Waals surface area contributed by atoms with Crippen LogP contribution < -0.4 is 4.74 Å². The minimum atomic E-state index is 0.669. The van der Waals surface area contributed by atoms with E-state index in [9.17, 15) is 0 Å². The average molecular weight is 265 g/mol. The molecule has 1 heterocycles. The van der Waals surface area contributed by atoms with Gasteiger partial charge in [-0.1, -0.05) is 17.7 Å². The number of benzene rings is 1. The molecule has 17 heavy (non-hydrogen) atoms. The van der Waals surface area contributed by atoms with E-state index in [-0.39, 0.29) is 0 Å². The molecule has 0 aliphatic rings. The zero-order valence-electron chi connectivity index (χ0n) is 9.72. The van der Waals surface area contributed by atoms with E-state index in [1.54, 1.807) is 11.3 Å². The van der Waals surface area contributed by atoms with E-state index in [2.05, 4.69) is 36.7 Å². The Morgan fingerprint density at radius 2 is 2.06 bits per heavy atom. The predicted molar refractivity (Wildman–Crippen MR) is 75.2 cm³/mol. The largest absolute Gasteiger partial charge is 0.493 e. The number of nitrogens with zero attached hydrogens (tertiary/aromatic N) is 1. The van der Waals surface area contributed by atoms with Gasteiger partial charge in [0.1, 0.15) is 5.75 Å². The van der Waals surface area contributed by atoms with Gasteiger partial charge in [-0.3, -0.25) is 0 Å². The van der Waals surface area contributed by atoms with Crippen LogP contribution in [-0.2, 0) is 12.2 Å². The number of hydrogen-bond acceptors (Lipinski definition) is 4. The smallest absolute Gasteiger partial charge is 0.119 e. The lowest BCUT2D eigenvalue weighted by atomic mass is 10.2. The van der Waals surface area contributed by atoms with Gasteiger partial charge >= 0.3 is 0 Å². The highest BCUT2D eigenvalue weighted by molar-refractivity contribution is 7.79. The van der Waals surface area contributed by atoms with Crippen LogP contribution in [0.4, 0.5) is 0 Å². The first-order valence-electron chi connectivity index (χ1n) is 5.52. The van der Waals surface area contributed by atoms with Crippen molar-refractivity contribution >= 4 is 24.0 Å². The molecular weight excluding hydrogens is 250 g/mol. The molecule has 0 bridgehead atoms. The van der Waals surface area contributed by atoms with Gasteiger partial charge < -0.3 is 4.74 Å². The molecule has 0 saturated heterocycles. The van der Waals surface area contributed by atoms with Crippen LogP contribution in [0.3, 0.4) is 0 Å². The molecule has 1 aromatic heterocycles. The van der Waals surface area contributed by atoms with Crippen molar-refractivity contribution < 1.29 is 4.74 Å². The van der Waals surface area contributed by atoms with Gasteiger partial charge in [0.2, 0.25) is 0 Å².